The van der Waals surface area contributed by atoms with E-state index in [9.17, 15) is 61.3 Å². The molecule has 5 atom stereocenters. The molecule has 0 amide bonds. The molecule has 0 N–H and O–H groups in total. The van der Waals surface area contributed by atoms with Crippen LogP contribution in [0.25, 0.3) is 0 Å². The minimum absolute atomic E-state index is 0. The molecular formula is C8H6F11KO3S. The summed E-state index contributed by atoms with van der Waals surface area (Å²) in [6.45, 7) is 0. The molecule has 0 aromatic rings. The smallest absolute Gasteiger partial charge is 0.746 e. The molecule has 5 unspecified atom stereocenters. The van der Waals surface area contributed by atoms with Crippen LogP contribution in [0.15, 0.2) is 0 Å². The Morgan fingerprint density at radius 1 is 0.708 bits per heavy atom. The standard InChI is InChI=1S/C8H7F11O3S.K/c9-1(3(11)5(13)14)2(10)4(12)7(16,17)8(18,19)6(15)23(20,21)22;/h1-6H,(H,20,21,22);/q;+1/p-1. The Kier molecular flexibility index (Phi) is 10.3. The molecule has 0 saturated carbocycles. The molecule has 0 spiro atoms. The van der Waals surface area contributed by atoms with E-state index in [4.69, 9.17) is 0 Å². The third-order valence-electron chi connectivity index (χ3n) is 2.46. The van der Waals surface area contributed by atoms with E-state index in [0.29, 0.717) is 0 Å². The molecule has 16 heteroatoms. The maximum atomic E-state index is 13.0. The maximum absolute atomic E-state index is 13.0. The van der Waals surface area contributed by atoms with E-state index >= 15 is 0 Å². The fourth-order valence-electron chi connectivity index (χ4n) is 1.19. The summed E-state index contributed by atoms with van der Waals surface area (Å²) in [6, 6.07) is 0. The van der Waals surface area contributed by atoms with Gasteiger partial charge in [-0.15, -0.1) is 0 Å². The summed E-state index contributed by atoms with van der Waals surface area (Å²) in [5.41, 5.74) is -5.26. The molecule has 0 aliphatic carbocycles. The van der Waals surface area contributed by atoms with Crippen molar-refractivity contribution >= 4 is 10.1 Å². The normalized spacial score (nSPS) is 20.0. The second-order valence-electron chi connectivity index (χ2n) is 4.12. The van der Waals surface area contributed by atoms with Crippen molar-refractivity contribution in [2.45, 2.75) is 48.5 Å². The maximum Gasteiger partial charge on any atom is 1.00 e. The monoisotopic (exact) mass is 430 g/mol. The van der Waals surface area contributed by atoms with Crippen LogP contribution in [-0.2, 0) is 10.1 Å². The molecule has 0 bridgehead atoms. The summed E-state index contributed by atoms with van der Waals surface area (Å²) in [5.74, 6) is -13.4. The summed E-state index contributed by atoms with van der Waals surface area (Å²) >= 11 is 0. The Balaban J connectivity index is 0. The number of halogens is 11. The van der Waals surface area contributed by atoms with Gasteiger partial charge in [0.05, 0.1) is 0 Å². The first-order valence-electron chi connectivity index (χ1n) is 5.18. The van der Waals surface area contributed by atoms with Crippen LogP contribution in [0.2, 0.25) is 0 Å². The third-order valence-corrected chi connectivity index (χ3v) is 3.26. The van der Waals surface area contributed by atoms with E-state index in [-0.39, 0.29) is 51.4 Å². The zero-order valence-corrected chi connectivity index (χ0v) is 15.2. The van der Waals surface area contributed by atoms with Gasteiger partial charge in [-0.2, -0.15) is 17.6 Å². The van der Waals surface area contributed by atoms with Crippen LogP contribution in [0.3, 0.4) is 0 Å². The van der Waals surface area contributed by atoms with Crippen molar-refractivity contribution in [1.82, 2.24) is 0 Å². The molecule has 0 aliphatic heterocycles. The van der Waals surface area contributed by atoms with E-state index in [2.05, 4.69) is 0 Å². The third kappa shape index (κ3) is 5.64. The predicted octanol–water partition coefficient (Wildman–Crippen LogP) is -0.281. The van der Waals surface area contributed by atoms with Crippen LogP contribution < -0.4 is 51.4 Å². The first-order valence-corrected chi connectivity index (χ1v) is 6.65. The second-order valence-corrected chi connectivity index (χ2v) is 5.52. The van der Waals surface area contributed by atoms with Gasteiger partial charge in [0, 0.05) is 0 Å². The summed E-state index contributed by atoms with van der Waals surface area (Å²) in [6.07, 6.45) is -22.6. The van der Waals surface area contributed by atoms with Crippen molar-refractivity contribution in [2.75, 3.05) is 0 Å². The van der Waals surface area contributed by atoms with Crippen molar-refractivity contribution in [2.24, 2.45) is 0 Å². The van der Waals surface area contributed by atoms with Gasteiger partial charge in [0.25, 0.3) is 11.9 Å². The van der Waals surface area contributed by atoms with E-state index in [1.807, 2.05) is 0 Å². The summed E-state index contributed by atoms with van der Waals surface area (Å²) in [5, 5.41) is 0. The predicted molar refractivity (Wildman–Crippen MR) is 50.1 cm³/mol. The van der Waals surface area contributed by atoms with Crippen LogP contribution in [0.5, 0.6) is 0 Å². The van der Waals surface area contributed by atoms with Gasteiger partial charge in [-0.1, -0.05) is 0 Å². The number of alkyl halides is 11. The molecule has 0 rings (SSSR count). The van der Waals surface area contributed by atoms with E-state index in [0.717, 1.165) is 0 Å². The Morgan fingerprint density at radius 3 is 1.38 bits per heavy atom. The van der Waals surface area contributed by atoms with Crippen molar-refractivity contribution < 1.29 is 113 Å². The fraction of sp³-hybridized carbons (Fsp3) is 1.00. The van der Waals surface area contributed by atoms with Crippen molar-refractivity contribution in [1.29, 1.82) is 0 Å². The second kappa shape index (κ2) is 9.12. The van der Waals surface area contributed by atoms with E-state index < -0.39 is 58.6 Å². The quantitative estimate of drug-likeness (QED) is 0.303. The Hall–Kier alpha value is 0.776. The molecule has 0 saturated heterocycles. The molecule has 0 aromatic heterocycles. The SMILES string of the molecule is O=S(=O)([O-])C(F)C(F)(F)C(F)(F)C(F)C(F)C(F)C(F)C(F)F.[K+]. The Labute approximate surface area is 170 Å². The number of hydrogen-bond donors (Lipinski definition) is 0. The van der Waals surface area contributed by atoms with Gasteiger partial charge in [0.1, 0.15) is 10.1 Å². The first-order chi connectivity index (χ1) is 9.99. The minimum Gasteiger partial charge on any atom is -0.746 e. The number of hydrogen-bond acceptors (Lipinski definition) is 3. The van der Waals surface area contributed by atoms with Gasteiger partial charge in [0.15, 0.2) is 18.5 Å². The Bertz CT molecular complexity index is 501. The first kappa shape index (κ1) is 27.0. The van der Waals surface area contributed by atoms with E-state index in [1.165, 1.54) is 0 Å². The van der Waals surface area contributed by atoms with Crippen molar-refractivity contribution in [3.05, 3.63) is 0 Å². The minimum atomic E-state index is -6.78. The zero-order chi connectivity index (χ0) is 19.0. The van der Waals surface area contributed by atoms with Gasteiger partial charge in [-0.05, 0) is 0 Å². The summed E-state index contributed by atoms with van der Waals surface area (Å²) < 4.78 is 168. The largest absolute Gasteiger partial charge is 1.00 e. The van der Waals surface area contributed by atoms with Crippen LogP contribution in [0.1, 0.15) is 0 Å². The van der Waals surface area contributed by atoms with Gasteiger partial charge in [-0.25, -0.2) is 39.2 Å². The molecule has 24 heavy (non-hydrogen) atoms. The van der Waals surface area contributed by atoms with Crippen molar-refractivity contribution in [3.8, 4) is 0 Å². The van der Waals surface area contributed by atoms with Crippen LogP contribution in [0.4, 0.5) is 48.3 Å². The fourth-order valence-corrected chi connectivity index (χ4v) is 1.71. The molecule has 0 heterocycles. The average molecular weight is 430 g/mol. The topological polar surface area (TPSA) is 57.2 Å². The Morgan fingerprint density at radius 2 is 1.08 bits per heavy atom. The molecule has 0 fully saturated rings. The summed E-state index contributed by atoms with van der Waals surface area (Å²) in [7, 11) is -6.78. The van der Waals surface area contributed by atoms with E-state index in [1.54, 1.807) is 0 Å². The molecular weight excluding hydrogens is 424 g/mol. The molecule has 0 radical (unpaired) electrons. The van der Waals surface area contributed by atoms with Crippen LogP contribution in [0, 0.1) is 0 Å². The van der Waals surface area contributed by atoms with Gasteiger partial charge in [0.2, 0.25) is 6.17 Å². The molecule has 140 valence electrons. The summed E-state index contributed by atoms with van der Waals surface area (Å²) in [4.78, 5) is 0. The van der Waals surface area contributed by atoms with Crippen LogP contribution >= 0.6 is 0 Å². The van der Waals surface area contributed by atoms with Crippen LogP contribution in [-0.4, -0.2) is 61.4 Å². The average Bonchev–Trinajstić information content (AvgIpc) is 2.41. The molecule has 3 nitrogen and oxygen atoms in total. The van der Waals surface area contributed by atoms with Gasteiger partial charge >= 0.3 is 63.2 Å². The molecule has 0 aliphatic rings. The van der Waals surface area contributed by atoms with Gasteiger partial charge in [-0.3, -0.25) is 0 Å². The van der Waals surface area contributed by atoms with Crippen molar-refractivity contribution in [3.63, 3.8) is 0 Å². The molecule has 0 aromatic carbocycles. The number of rotatable bonds is 8. The van der Waals surface area contributed by atoms with Gasteiger partial charge < -0.3 is 4.55 Å². The zero-order valence-electron chi connectivity index (χ0n) is 11.3.